The van der Waals surface area contributed by atoms with E-state index in [9.17, 15) is 14.7 Å². The third-order valence-electron chi connectivity index (χ3n) is 5.53. The van der Waals surface area contributed by atoms with Crippen molar-refractivity contribution in [2.75, 3.05) is 4.90 Å². The van der Waals surface area contributed by atoms with E-state index >= 15 is 0 Å². The number of furan rings is 1. The molecule has 0 saturated carbocycles. The number of carbonyl (C=O) groups is 2. The molecule has 3 aromatic rings. The highest BCUT2D eigenvalue weighted by Gasteiger charge is 2.48. The molecule has 0 bridgehead atoms. The highest BCUT2D eigenvalue weighted by Crippen LogP contribution is 2.42. The van der Waals surface area contributed by atoms with Gasteiger partial charge in [0.2, 0.25) is 0 Å². The van der Waals surface area contributed by atoms with Gasteiger partial charge in [-0.25, -0.2) is 0 Å². The molecule has 1 amide bonds. The Balaban J connectivity index is 1.92. The van der Waals surface area contributed by atoms with Gasteiger partial charge in [-0.05, 0) is 61.7 Å². The highest BCUT2D eigenvalue weighted by molar-refractivity contribution is 6.51. The number of aliphatic hydroxyl groups excluding tert-OH is 1. The summed E-state index contributed by atoms with van der Waals surface area (Å²) >= 11 is 0. The molecule has 1 fully saturated rings. The minimum absolute atomic E-state index is 0.0308. The first kappa shape index (κ1) is 19.7. The molecule has 152 valence electrons. The average molecular weight is 401 g/mol. The Morgan fingerprint density at radius 2 is 1.80 bits per heavy atom. The molecular weight excluding hydrogens is 378 g/mol. The minimum Gasteiger partial charge on any atom is -0.507 e. The fourth-order valence-corrected chi connectivity index (χ4v) is 3.84. The first-order valence-corrected chi connectivity index (χ1v) is 9.93. The molecule has 1 aliphatic heterocycles. The summed E-state index contributed by atoms with van der Waals surface area (Å²) in [6.07, 6.45) is 2.36. The molecule has 4 rings (SSSR count). The van der Waals surface area contributed by atoms with Crippen LogP contribution >= 0.6 is 0 Å². The molecule has 1 saturated heterocycles. The summed E-state index contributed by atoms with van der Waals surface area (Å²) in [6.45, 7) is 5.82. The lowest BCUT2D eigenvalue weighted by atomic mass is 9.96. The second-order valence-corrected chi connectivity index (χ2v) is 7.52. The normalized spacial score (nSPS) is 18.2. The maximum atomic E-state index is 13.1. The lowest BCUT2D eigenvalue weighted by molar-refractivity contribution is -0.132. The number of benzene rings is 2. The van der Waals surface area contributed by atoms with E-state index in [0.717, 1.165) is 23.1 Å². The Kier molecular flexibility index (Phi) is 5.04. The van der Waals surface area contributed by atoms with Gasteiger partial charge in [0.15, 0.2) is 0 Å². The second-order valence-electron chi connectivity index (χ2n) is 7.52. The third kappa shape index (κ3) is 3.22. The van der Waals surface area contributed by atoms with Crippen LogP contribution in [0.4, 0.5) is 5.69 Å². The summed E-state index contributed by atoms with van der Waals surface area (Å²) in [4.78, 5) is 27.5. The third-order valence-corrected chi connectivity index (χ3v) is 5.53. The Labute approximate surface area is 175 Å². The van der Waals surface area contributed by atoms with Gasteiger partial charge in [-0.1, -0.05) is 36.8 Å². The van der Waals surface area contributed by atoms with Crippen molar-refractivity contribution in [2.24, 2.45) is 0 Å². The van der Waals surface area contributed by atoms with E-state index in [0.29, 0.717) is 17.0 Å². The zero-order valence-corrected chi connectivity index (χ0v) is 17.2. The summed E-state index contributed by atoms with van der Waals surface area (Å²) in [5, 5.41) is 11.2. The fraction of sp³-hybridized carbons (Fsp3) is 0.200. The molecule has 2 heterocycles. The molecule has 1 unspecified atom stereocenters. The maximum Gasteiger partial charge on any atom is 0.300 e. The molecule has 1 atom stereocenters. The monoisotopic (exact) mass is 401 g/mol. The average Bonchev–Trinajstić information content (AvgIpc) is 3.37. The number of hydrogen-bond donors (Lipinski definition) is 1. The number of Topliss-reactive ketones (excluding diaryl/α,β-unsaturated/α-hetero) is 1. The van der Waals surface area contributed by atoms with Crippen LogP contribution in [0.2, 0.25) is 0 Å². The van der Waals surface area contributed by atoms with Crippen molar-refractivity contribution in [3.05, 3.63) is 94.4 Å². The summed E-state index contributed by atoms with van der Waals surface area (Å²) in [7, 11) is 0. The fourth-order valence-electron chi connectivity index (χ4n) is 3.84. The number of carbonyl (C=O) groups excluding carboxylic acids is 2. The number of aryl methyl sites for hydroxylation is 3. The number of aliphatic hydroxyl groups is 1. The van der Waals surface area contributed by atoms with E-state index in [-0.39, 0.29) is 11.3 Å². The zero-order valence-electron chi connectivity index (χ0n) is 17.2. The van der Waals surface area contributed by atoms with Gasteiger partial charge in [-0.3, -0.25) is 14.5 Å². The molecule has 2 aromatic carbocycles. The van der Waals surface area contributed by atoms with Crippen LogP contribution in [0.3, 0.4) is 0 Å². The van der Waals surface area contributed by atoms with Gasteiger partial charge in [0.1, 0.15) is 17.6 Å². The number of rotatable bonds is 4. The highest BCUT2D eigenvalue weighted by atomic mass is 16.3. The Hall–Kier alpha value is -3.60. The number of hydrogen-bond acceptors (Lipinski definition) is 4. The summed E-state index contributed by atoms with van der Waals surface area (Å²) in [5.41, 5.74) is 4.03. The van der Waals surface area contributed by atoms with Gasteiger partial charge in [0.25, 0.3) is 11.7 Å². The van der Waals surface area contributed by atoms with Crippen LogP contribution in [-0.4, -0.2) is 16.8 Å². The quantitative estimate of drug-likeness (QED) is 0.376. The van der Waals surface area contributed by atoms with Gasteiger partial charge in [-0.2, -0.15) is 0 Å². The topological polar surface area (TPSA) is 70.8 Å². The number of anilines is 1. The summed E-state index contributed by atoms with van der Waals surface area (Å²) in [6, 6.07) is 15.7. The zero-order chi connectivity index (χ0) is 21.4. The van der Waals surface area contributed by atoms with Crippen LogP contribution in [-0.2, 0) is 16.0 Å². The van der Waals surface area contributed by atoms with E-state index in [1.807, 2.05) is 63.2 Å². The molecule has 5 nitrogen and oxygen atoms in total. The molecule has 5 heteroatoms. The molecule has 1 aliphatic rings. The van der Waals surface area contributed by atoms with Gasteiger partial charge in [0, 0.05) is 11.3 Å². The number of ketones is 1. The Morgan fingerprint density at radius 3 is 2.43 bits per heavy atom. The van der Waals surface area contributed by atoms with Crippen molar-refractivity contribution >= 4 is 23.1 Å². The van der Waals surface area contributed by atoms with Gasteiger partial charge in [-0.15, -0.1) is 0 Å². The van der Waals surface area contributed by atoms with Crippen molar-refractivity contribution in [1.82, 2.24) is 0 Å². The van der Waals surface area contributed by atoms with E-state index in [1.54, 1.807) is 12.1 Å². The maximum absolute atomic E-state index is 13.1. The largest absolute Gasteiger partial charge is 0.507 e. The SMILES string of the molecule is CCc1ccc(N2C(=O)C(=O)/C(=C(\O)c3cc(C)ccc3C)C2c2ccco2)cc1. The van der Waals surface area contributed by atoms with Gasteiger partial charge >= 0.3 is 0 Å². The van der Waals surface area contributed by atoms with Crippen LogP contribution in [0.1, 0.15) is 41.0 Å². The predicted molar refractivity (Wildman–Crippen MR) is 115 cm³/mol. The van der Waals surface area contributed by atoms with Crippen LogP contribution in [0, 0.1) is 13.8 Å². The van der Waals surface area contributed by atoms with Crippen LogP contribution in [0.15, 0.2) is 70.9 Å². The standard InChI is InChI=1S/C25H23NO4/c1-4-17-9-11-18(12-10-17)26-22(20-6-5-13-30-20)21(24(28)25(26)29)23(27)19-14-15(2)7-8-16(19)3/h5-14,22,27H,4H2,1-3H3/b23-21-. The van der Waals surface area contributed by atoms with Crippen molar-refractivity contribution in [3.63, 3.8) is 0 Å². The number of nitrogens with zero attached hydrogens (tertiary/aromatic N) is 1. The lowest BCUT2D eigenvalue weighted by Crippen LogP contribution is -2.29. The summed E-state index contributed by atoms with van der Waals surface area (Å²) in [5.74, 6) is -1.19. The van der Waals surface area contributed by atoms with E-state index in [4.69, 9.17) is 4.42 Å². The lowest BCUT2D eigenvalue weighted by Gasteiger charge is -2.23. The van der Waals surface area contributed by atoms with E-state index in [2.05, 4.69) is 0 Å². The van der Waals surface area contributed by atoms with Crippen LogP contribution < -0.4 is 4.90 Å². The van der Waals surface area contributed by atoms with E-state index < -0.39 is 17.7 Å². The molecule has 1 N–H and O–H groups in total. The first-order chi connectivity index (χ1) is 14.4. The van der Waals surface area contributed by atoms with Crippen molar-refractivity contribution in [3.8, 4) is 0 Å². The first-order valence-electron chi connectivity index (χ1n) is 9.93. The molecular formula is C25H23NO4. The van der Waals surface area contributed by atoms with Crippen LogP contribution in [0.5, 0.6) is 0 Å². The Bertz CT molecular complexity index is 1140. The summed E-state index contributed by atoms with van der Waals surface area (Å²) < 4.78 is 5.59. The predicted octanol–water partition coefficient (Wildman–Crippen LogP) is 5.09. The Morgan fingerprint density at radius 1 is 1.07 bits per heavy atom. The van der Waals surface area contributed by atoms with E-state index in [1.165, 1.54) is 11.2 Å². The molecule has 0 aliphatic carbocycles. The molecule has 0 spiro atoms. The molecule has 0 radical (unpaired) electrons. The number of amides is 1. The van der Waals surface area contributed by atoms with Crippen molar-refractivity contribution in [1.29, 1.82) is 0 Å². The van der Waals surface area contributed by atoms with Gasteiger partial charge in [0.05, 0.1) is 11.8 Å². The van der Waals surface area contributed by atoms with Gasteiger partial charge < -0.3 is 9.52 Å². The van der Waals surface area contributed by atoms with Crippen molar-refractivity contribution in [2.45, 2.75) is 33.2 Å². The molecule has 1 aromatic heterocycles. The van der Waals surface area contributed by atoms with Crippen LogP contribution in [0.25, 0.3) is 5.76 Å². The van der Waals surface area contributed by atoms with Crippen molar-refractivity contribution < 1.29 is 19.1 Å². The second kappa shape index (κ2) is 7.67. The smallest absolute Gasteiger partial charge is 0.300 e. The molecule has 30 heavy (non-hydrogen) atoms. The minimum atomic E-state index is -0.840.